The van der Waals surface area contributed by atoms with E-state index in [1.54, 1.807) is 0 Å². The molecule has 0 aromatic carbocycles. The van der Waals surface area contributed by atoms with Crippen LogP contribution < -0.4 is 10.9 Å². The first-order valence-electron chi connectivity index (χ1n) is 4.48. The Bertz CT molecular complexity index is 142. The van der Waals surface area contributed by atoms with Crippen LogP contribution in [-0.2, 0) is 9.53 Å². The molecule has 0 aliphatic carbocycles. The molecule has 0 bridgehead atoms. The van der Waals surface area contributed by atoms with Crippen molar-refractivity contribution in [3.63, 3.8) is 0 Å². The Morgan fingerprint density at radius 2 is 2.42 bits per heavy atom. The van der Waals surface area contributed by atoms with Gasteiger partial charge in [0, 0.05) is 19.5 Å². The molecule has 0 amide bonds. The van der Waals surface area contributed by atoms with E-state index in [0.717, 1.165) is 19.4 Å². The first-order chi connectivity index (χ1) is 5.83. The van der Waals surface area contributed by atoms with Gasteiger partial charge in [0.05, 0.1) is 0 Å². The number of carbonyl (C=O) groups is 1. The number of hydrogen-bond donors (Lipinski definition) is 2. The Morgan fingerprint density at radius 3 is 3.17 bits per heavy atom. The minimum Gasteiger partial charge on any atom is -0.461 e. The van der Waals surface area contributed by atoms with Crippen molar-refractivity contribution in [1.29, 1.82) is 0 Å². The minimum atomic E-state index is -0.108. The molecule has 1 aliphatic heterocycles. The van der Waals surface area contributed by atoms with Crippen molar-refractivity contribution in [1.82, 2.24) is 10.9 Å². The lowest BCUT2D eigenvalue weighted by atomic mass is 10.2. The molecule has 1 heterocycles. The van der Waals surface area contributed by atoms with Gasteiger partial charge in [0.15, 0.2) is 0 Å². The molecule has 12 heavy (non-hydrogen) atoms. The molecule has 1 saturated heterocycles. The van der Waals surface area contributed by atoms with Gasteiger partial charge in [0.2, 0.25) is 0 Å². The van der Waals surface area contributed by atoms with Crippen molar-refractivity contribution >= 4 is 5.97 Å². The Labute approximate surface area is 72.6 Å². The summed E-state index contributed by atoms with van der Waals surface area (Å²) >= 11 is 0. The summed E-state index contributed by atoms with van der Waals surface area (Å²) in [5.41, 5.74) is 6.03. The number of rotatable bonds is 2. The van der Waals surface area contributed by atoms with Crippen molar-refractivity contribution in [2.45, 2.75) is 32.3 Å². The summed E-state index contributed by atoms with van der Waals surface area (Å²) < 4.78 is 5.18. The van der Waals surface area contributed by atoms with Gasteiger partial charge in [-0.25, -0.2) is 0 Å². The fourth-order valence-corrected chi connectivity index (χ4v) is 1.16. The van der Waals surface area contributed by atoms with Gasteiger partial charge in [-0.2, -0.15) is 0 Å². The second-order valence-corrected chi connectivity index (χ2v) is 2.92. The highest BCUT2D eigenvalue weighted by Gasteiger charge is 2.14. The van der Waals surface area contributed by atoms with Crippen molar-refractivity contribution in [3.8, 4) is 0 Å². The Morgan fingerprint density at radius 1 is 1.58 bits per heavy atom. The second kappa shape index (κ2) is 5.11. The minimum absolute atomic E-state index is 0.0486. The molecule has 4 heteroatoms. The number of hydrogen-bond acceptors (Lipinski definition) is 4. The van der Waals surface area contributed by atoms with Gasteiger partial charge in [-0.05, 0) is 12.8 Å². The SMILES string of the molecule is CCC(=O)OC1CCCNNC1. The van der Waals surface area contributed by atoms with E-state index in [1.807, 2.05) is 6.92 Å². The second-order valence-electron chi connectivity index (χ2n) is 2.92. The largest absolute Gasteiger partial charge is 0.461 e. The quantitative estimate of drug-likeness (QED) is 0.584. The summed E-state index contributed by atoms with van der Waals surface area (Å²) in [6, 6.07) is 0. The normalized spacial score (nSPS) is 24.6. The molecule has 0 aromatic rings. The van der Waals surface area contributed by atoms with Crippen LogP contribution in [0.1, 0.15) is 26.2 Å². The van der Waals surface area contributed by atoms with Crippen molar-refractivity contribution in [2.24, 2.45) is 0 Å². The monoisotopic (exact) mass is 172 g/mol. The molecule has 4 nitrogen and oxygen atoms in total. The molecule has 1 fully saturated rings. The average molecular weight is 172 g/mol. The van der Waals surface area contributed by atoms with Crippen LogP contribution in [0.4, 0.5) is 0 Å². The molecule has 2 N–H and O–H groups in total. The van der Waals surface area contributed by atoms with E-state index in [1.165, 1.54) is 0 Å². The van der Waals surface area contributed by atoms with Crippen molar-refractivity contribution in [3.05, 3.63) is 0 Å². The Kier molecular flexibility index (Phi) is 4.04. The van der Waals surface area contributed by atoms with E-state index in [-0.39, 0.29) is 12.1 Å². The van der Waals surface area contributed by atoms with Gasteiger partial charge in [-0.1, -0.05) is 6.92 Å². The first kappa shape index (κ1) is 9.48. The highest BCUT2D eigenvalue weighted by molar-refractivity contribution is 5.69. The zero-order valence-corrected chi connectivity index (χ0v) is 7.43. The van der Waals surface area contributed by atoms with Crippen LogP contribution in [0.5, 0.6) is 0 Å². The topological polar surface area (TPSA) is 50.4 Å². The van der Waals surface area contributed by atoms with E-state index >= 15 is 0 Å². The van der Waals surface area contributed by atoms with Crippen molar-refractivity contribution in [2.75, 3.05) is 13.1 Å². The predicted molar refractivity (Wildman–Crippen MR) is 45.4 cm³/mol. The Hall–Kier alpha value is -0.610. The van der Waals surface area contributed by atoms with Crippen LogP contribution in [0.2, 0.25) is 0 Å². The number of esters is 1. The van der Waals surface area contributed by atoms with E-state index in [9.17, 15) is 4.79 Å². The van der Waals surface area contributed by atoms with Gasteiger partial charge in [-0.15, -0.1) is 0 Å². The third-order valence-corrected chi connectivity index (χ3v) is 1.87. The number of hydrazine groups is 1. The maximum absolute atomic E-state index is 10.9. The molecule has 0 aromatic heterocycles. The molecular formula is C8H16N2O2. The molecule has 70 valence electrons. The highest BCUT2D eigenvalue weighted by Crippen LogP contribution is 2.04. The lowest BCUT2D eigenvalue weighted by molar-refractivity contribution is -0.148. The zero-order valence-electron chi connectivity index (χ0n) is 7.43. The maximum atomic E-state index is 10.9. The number of nitrogens with one attached hydrogen (secondary N) is 2. The average Bonchev–Trinajstić information content (AvgIpc) is 2.33. The van der Waals surface area contributed by atoms with Crippen molar-refractivity contribution < 1.29 is 9.53 Å². The van der Waals surface area contributed by atoms with Gasteiger partial charge >= 0.3 is 5.97 Å². The number of ether oxygens (including phenoxy) is 1. The molecule has 0 radical (unpaired) electrons. The standard InChI is InChI=1S/C8H16N2O2/c1-2-8(11)12-7-4-3-5-9-10-6-7/h7,9-10H,2-6H2,1H3. The molecule has 1 unspecified atom stereocenters. The summed E-state index contributed by atoms with van der Waals surface area (Å²) in [6.45, 7) is 3.47. The van der Waals surface area contributed by atoms with E-state index in [0.29, 0.717) is 13.0 Å². The molecule has 1 aliphatic rings. The lowest BCUT2D eigenvalue weighted by Gasteiger charge is -2.14. The van der Waals surface area contributed by atoms with Gasteiger partial charge in [0.1, 0.15) is 6.10 Å². The first-order valence-corrected chi connectivity index (χ1v) is 4.48. The molecule has 0 spiro atoms. The third kappa shape index (κ3) is 3.19. The fraction of sp³-hybridized carbons (Fsp3) is 0.875. The molecule has 0 saturated carbocycles. The highest BCUT2D eigenvalue weighted by atomic mass is 16.5. The van der Waals surface area contributed by atoms with Crippen LogP contribution in [0.3, 0.4) is 0 Å². The lowest BCUT2D eigenvalue weighted by Crippen LogP contribution is -2.36. The van der Waals surface area contributed by atoms with Gasteiger partial charge < -0.3 is 4.74 Å². The fourth-order valence-electron chi connectivity index (χ4n) is 1.16. The summed E-state index contributed by atoms with van der Waals surface area (Å²) in [4.78, 5) is 10.9. The maximum Gasteiger partial charge on any atom is 0.305 e. The van der Waals surface area contributed by atoms with Gasteiger partial charge in [-0.3, -0.25) is 15.6 Å². The Balaban J connectivity index is 2.24. The summed E-state index contributed by atoms with van der Waals surface area (Å²) in [5.74, 6) is -0.108. The molecule has 1 rings (SSSR count). The van der Waals surface area contributed by atoms with Crippen LogP contribution in [-0.4, -0.2) is 25.2 Å². The zero-order chi connectivity index (χ0) is 8.81. The summed E-state index contributed by atoms with van der Waals surface area (Å²) in [7, 11) is 0. The third-order valence-electron chi connectivity index (χ3n) is 1.87. The van der Waals surface area contributed by atoms with E-state index in [2.05, 4.69) is 10.9 Å². The van der Waals surface area contributed by atoms with Crippen LogP contribution >= 0.6 is 0 Å². The molecular weight excluding hydrogens is 156 g/mol. The van der Waals surface area contributed by atoms with Crippen LogP contribution in [0.15, 0.2) is 0 Å². The van der Waals surface area contributed by atoms with E-state index in [4.69, 9.17) is 4.74 Å². The summed E-state index contributed by atoms with van der Waals surface area (Å²) in [6.07, 6.45) is 2.51. The van der Waals surface area contributed by atoms with Crippen LogP contribution in [0.25, 0.3) is 0 Å². The van der Waals surface area contributed by atoms with Crippen LogP contribution in [0, 0.1) is 0 Å². The molecule has 1 atom stereocenters. The van der Waals surface area contributed by atoms with E-state index < -0.39 is 0 Å². The smallest absolute Gasteiger partial charge is 0.305 e. The number of carbonyl (C=O) groups excluding carboxylic acids is 1. The summed E-state index contributed by atoms with van der Waals surface area (Å²) in [5, 5.41) is 0. The predicted octanol–water partition coefficient (Wildman–Crippen LogP) is 0.196. The van der Waals surface area contributed by atoms with Gasteiger partial charge in [0.25, 0.3) is 0 Å².